The molecule has 1 aromatic carbocycles. The second-order valence-corrected chi connectivity index (χ2v) is 7.19. The average molecular weight is 388 g/mol. The summed E-state index contributed by atoms with van der Waals surface area (Å²) >= 11 is 0. The van der Waals surface area contributed by atoms with Gasteiger partial charge in [-0.2, -0.15) is 0 Å². The molecule has 1 amide bonds. The van der Waals surface area contributed by atoms with Gasteiger partial charge in [-0.3, -0.25) is 4.79 Å². The molecule has 0 aliphatic carbocycles. The van der Waals surface area contributed by atoms with Crippen molar-refractivity contribution in [2.24, 2.45) is 11.7 Å². The maximum Gasteiger partial charge on any atom is 0.224 e. The van der Waals surface area contributed by atoms with E-state index in [2.05, 4.69) is 43.0 Å². The lowest BCUT2D eigenvalue weighted by Crippen LogP contribution is -2.41. The highest BCUT2D eigenvalue weighted by Crippen LogP contribution is 2.31. The van der Waals surface area contributed by atoms with Crippen LogP contribution < -0.4 is 10.6 Å². The quantitative estimate of drug-likeness (QED) is 0.862. The van der Waals surface area contributed by atoms with Crippen molar-refractivity contribution in [3.05, 3.63) is 29.8 Å². The minimum absolute atomic E-state index is 0. The highest BCUT2D eigenvalue weighted by Gasteiger charge is 2.32. The zero-order valence-corrected chi connectivity index (χ0v) is 16.8. The number of amides is 1. The third-order valence-electron chi connectivity index (χ3n) is 5.55. The van der Waals surface area contributed by atoms with Gasteiger partial charge in [-0.05, 0) is 57.2 Å². The molecular formula is C19H31Cl2N3O. The van der Waals surface area contributed by atoms with E-state index in [0.29, 0.717) is 31.0 Å². The number of anilines is 1. The normalized spacial score (nSPS) is 25.0. The van der Waals surface area contributed by atoms with Crippen molar-refractivity contribution in [2.75, 3.05) is 24.5 Å². The molecule has 2 aliphatic heterocycles. The molecule has 0 spiro atoms. The molecule has 0 saturated carbocycles. The van der Waals surface area contributed by atoms with Crippen molar-refractivity contribution < 1.29 is 4.79 Å². The number of rotatable bonds is 4. The molecule has 1 aromatic rings. The zero-order valence-electron chi connectivity index (χ0n) is 15.2. The number of para-hydroxylation sites is 1. The second-order valence-electron chi connectivity index (χ2n) is 7.19. The molecule has 3 unspecified atom stereocenters. The third-order valence-corrected chi connectivity index (χ3v) is 5.55. The maximum absolute atomic E-state index is 12.6. The molecule has 6 heteroatoms. The lowest BCUT2D eigenvalue weighted by molar-refractivity contribution is -0.131. The summed E-state index contributed by atoms with van der Waals surface area (Å²) in [6.07, 6.45) is 3.95. The summed E-state index contributed by atoms with van der Waals surface area (Å²) in [6.45, 7) is 6.75. The molecule has 4 nitrogen and oxygen atoms in total. The van der Waals surface area contributed by atoms with E-state index in [1.807, 2.05) is 4.90 Å². The average Bonchev–Trinajstić information content (AvgIpc) is 2.95. The van der Waals surface area contributed by atoms with Crippen LogP contribution in [0.4, 0.5) is 5.69 Å². The number of nitrogens with two attached hydrogens (primary N) is 1. The van der Waals surface area contributed by atoms with Gasteiger partial charge < -0.3 is 15.5 Å². The Bertz CT molecular complexity index is 569. The van der Waals surface area contributed by atoms with Crippen LogP contribution in [-0.2, 0) is 11.2 Å². The Morgan fingerprint density at radius 2 is 1.92 bits per heavy atom. The van der Waals surface area contributed by atoms with E-state index in [1.165, 1.54) is 17.7 Å². The van der Waals surface area contributed by atoms with Crippen LogP contribution in [-0.4, -0.2) is 42.5 Å². The fraction of sp³-hybridized carbons (Fsp3) is 0.632. The smallest absolute Gasteiger partial charge is 0.224 e. The Hall–Kier alpha value is -0.970. The molecule has 0 radical (unpaired) electrons. The van der Waals surface area contributed by atoms with Gasteiger partial charge in [0.2, 0.25) is 5.91 Å². The molecule has 3 atom stereocenters. The van der Waals surface area contributed by atoms with Gasteiger partial charge in [-0.25, -0.2) is 0 Å². The number of aryl methyl sites for hydroxylation is 1. The van der Waals surface area contributed by atoms with E-state index in [4.69, 9.17) is 5.73 Å². The summed E-state index contributed by atoms with van der Waals surface area (Å²) in [5.74, 6) is 0.757. The fourth-order valence-electron chi connectivity index (χ4n) is 4.12. The van der Waals surface area contributed by atoms with E-state index >= 15 is 0 Å². The first-order valence-corrected chi connectivity index (χ1v) is 8.94. The molecule has 0 aromatic heterocycles. The molecule has 25 heavy (non-hydrogen) atoms. The summed E-state index contributed by atoms with van der Waals surface area (Å²) in [5.41, 5.74) is 8.50. The SMILES string of the molecule is CC1CC(CN)CN1C(=O)CCN1c2ccccc2CCC1C.Cl.Cl. The molecule has 142 valence electrons. The first-order valence-electron chi connectivity index (χ1n) is 8.94. The largest absolute Gasteiger partial charge is 0.368 e. The number of hydrogen-bond acceptors (Lipinski definition) is 3. The van der Waals surface area contributed by atoms with Gasteiger partial charge in [-0.1, -0.05) is 18.2 Å². The van der Waals surface area contributed by atoms with Crippen molar-refractivity contribution in [2.45, 2.75) is 51.6 Å². The number of halogens is 2. The Morgan fingerprint density at radius 1 is 1.20 bits per heavy atom. The van der Waals surface area contributed by atoms with Crippen molar-refractivity contribution in [1.82, 2.24) is 4.90 Å². The summed E-state index contributed by atoms with van der Waals surface area (Å²) in [7, 11) is 0. The van der Waals surface area contributed by atoms with E-state index in [9.17, 15) is 4.79 Å². The van der Waals surface area contributed by atoms with Gasteiger partial charge in [0.15, 0.2) is 0 Å². The van der Waals surface area contributed by atoms with Crippen molar-refractivity contribution in [3.8, 4) is 0 Å². The number of carbonyl (C=O) groups is 1. The molecular weight excluding hydrogens is 357 g/mol. The number of carbonyl (C=O) groups excluding carboxylic acids is 1. The summed E-state index contributed by atoms with van der Waals surface area (Å²) in [4.78, 5) is 17.1. The van der Waals surface area contributed by atoms with Gasteiger partial charge in [-0.15, -0.1) is 24.8 Å². The maximum atomic E-state index is 12.6. The van der Waals surface area contributed by atoms with E-state index in [1.54, 1.807) is 0 Å². The lowest BCUT2D eigenvalue weighted by Gasteiger charge is -2.37. The van der Waals surface area contributed by atoms with Crippen LogP contribution in [0.15, 0.2) is 24.3 Å². The lowest BCUT2D eigenvalue weighted by atomic mass is 9.96. The third kappa shape index (κ3) is 4.81. The molecule has 2 aliphatic rings. The molecule has 0 bridgehead atoms. The highest BCUT2D eigenvalue weighted by atomic mass is 35.5. The van der Waals surface area contributed by atoms with E-state index in [-0.39, 0.29) is 30.7 Å². The topological polar surface area (TPSA) is 49.6 Å². The van der Waals surface area contributed by atoms with Crippen LogP contribution >= 0.6 is 24.8 Å². The van der Waals surface area contributed by atoms with Gasteiger partial charge in [0.25, 0.3) is 0 Å². The second kappa shape index (κ2) is 9.65. The van der Waals surface area contributed by atoms with Crippen LogP contribution in [0, 0.1) is 5.92 Å². The molecule has 3 rings (SSSR count). The summed E-state index contributed by atoms with van der Waals surface area (Å²) in [6, 6.07) is 9.45. The molecule has 2 N–H and O–H groups in total. The first-order chi connectivity index (χ1) is 11.1. The Kier molecular flexibility index (Phi) is 8.52. The predicted molar refractivity (Wildman–Crippen MR) is 109 cm³/mol. The van der Waals surface area contributed by atoms with Crippen LogP contribution in [0.2, 0.25) is 0 Å². The number of benzene rings is 1. The van der Waals surface area contributed by atoms with Crippen LogP contribution in [0.5, 0.6) is 0 Å². The molecule has 1 fully saturated rings. The minimum Gasteiger partial charge on any atom is -0.368 e. The molecule has 1 saturated heterocycles. The van der Waals surface area contributed by atoms with Crippen molar-refractivity contribution >= 4 is 36.4 Å². The zero-order chi connectivity index (χ0) is 16.4. The Balaban J connectivity index is 0.00000156. The summed E-state index contributed by atoms with van der Waals surface area (Å²) < 4.78 is 0. The Labute approximate surface area is 163 Å². The van der Waals surface area contributed by atoms with Gasteiger partial charge in [0.05, 0.1) is 0 Å². The van der Waals surface area contributed by atoms with Crippen molar-refractivity contribution in [1.29, 1.82) is 0 Å². The minimum atomic E-state index is 0. The monoisotopic (exact) mass is 387 g/mol. The number of nitrogens with zero attached hydrogens (tertiary/aromatic N) is 2. The van der Waals surface area contributed by atoms with Gasteiger partial charge in [0, 0.05) is 37.3 Å². The highest BCUT2D eigenvalue weighted by molar-refractivity contribution is 5.85. The first kappa shape index (κ1) is 22.1. The number of hydrogen-bond donors (Lipinski definition) is 1. The number of likely N-dealkylation sites (tertiary alicyclic amines) is 1. The molecule has 2 heterocycles. The predicted octanol–water partition coefficient (Wildman–Crippen LogP) is 3.26. The van der Waals surface area contributed by atoms with E-state index < -0.39 is 0 Å². The van der Waals surface area contributed by atoms with E-state index in [0.717, 1.165) is 25.9 Å². The van der Waals surface area contributed by atoms with Crippen LogP contribution in [0.1, 0.15) is 38.7 Å². The van der Waals surface area contributed by atoms with Crippen molar-refractivity contribution in [3.63, 3.8) is 0 Å². The van der Waals surface area contributed by atoms with Crippen LogP contribution in [0.25, 0.3) is 0 Å². The fourth-order valence-corrected chi connectivity index (χ4v) is 4.12. The number of fused-ring (bicyclic) bond motifs is 1. The summed E-state index contributed by atoms with van der Waals surface area (Å²) in [5, 5.41) is 0. The Morgan fingerprint density at radius 3 is 2.60 bits per heavy atom. The van der Waals surface area contributed by atoms with Crippen LogP contribution in [0.3, 0.4) is 0 Å². The standard InChI is InChI=1S/C19H29N3O.2ClH/c1-14-7-8-17-5-3-4-6-18(17)21(14)10-9-19(23)22-13-16(12-20)11-15(22)2;;/h3-6,14-16H,7-13,20H2,1-2H3;2*1H. The van der Waals surface area contributed by atoms with Gasteiger partial charge >= 0.3 is 0 Å². The van der Waals surface area contributed by atoms with Gasteiger partial charge in [0.1, 0.15) is 0 Å².